The highest BCUT2D eigenvalue weighted by Crippen LogP contribution is 2.15. The number of aliphatic hydroxyl groups excluding tert-OH is 1. The highest BCUT2D eigenvalue weighted by atomic mass is 35.5. The summed E-state index contributed by atoms with van der Waals surface area (Å²) in [5.74, 6) is 1.54. The SMILES string of the molecule is CN(Cc1ncnn1C)CC(O)COc1ccc(Cl)cc1. The summed E-state index contributed by atoms with van der Waals surface area (Å²) in [7, 11) is 3.76. The summed E-state index contributed by atoms with van der Waals surface area (Å²) in [5, 5.41) is 14.7. The van der Waals surface area contributed by atoms with Crippen LogP contribution in [-0.2, 0) is 13.6 Å². The van der Waals surface area contributed by atoms with E-state index >= 15 is 0 Å². The van der Waals surface area contributed by atoms with E-state index in [9.17, 15) is 5.11 Å². The van der Waals surface area contributed by atoms with Gasteiger partial charge >= 0.3 is 0 Å². The summed E-state index contributed by atoms with van der Waals surface area (Å²) >= 11 is 5.80. The lowest BCUT2D eigenvalue weighted by atomic mass is 10.3. The average Bonchev–Trinajstić information content (AvgIpc) is 2.83. The first-order valence-corrected chi connectivity index (χ1v) is 7.00. The quantitative estimate of drug-likeness (QED) is 0.836. The summed E-state index contributed by atoms with van der Waals surface area (Å²) < 4.78 is 7.23. The second-order valence-electron chi connectivity index (χ2n) is 4.92. The van der Waals surface area contributed by atoms with Gasteiger partial charge in [0.15, 0.2) is 0 Å². The molecule has 0 radical (unpaired) electrons. The van der Waals surface area contributed by atoms with E-state index in [-0.39, 0.29) is 6.61 Å². The first-order valence-electron chi connectivity index (χ1n) is 6.62. The van der Waals surface area contributed by atoms with Crippen LogP contribution in [0.5, 0.6) is 5.75 Å². The summed E-state index contributed by atoms with van der Waals surface area (Å²) in [4.78, 5) is 6.12. The van der Waals surface area contributed by atoms with Crippen molar-refractivity contribution in [2.24, 2.45) is 7.05 Å². The molecule has 0 bridgehead atoms. The monoisotopic (exact) mass is 310 g/mol. The number of aromatic nitrogens is 3. The molecule has 0 spiro atoms. The second kappa shape index (κ2) is 7.40. The number of aliphatic hydroxyl groups is 1. The molecule has 1 unspecified atom stereocenters. The summed E-state index contributed by atoms with van der Waals surface area (Å²) in [6.45, 7) is 1.33. The van der Waals surface area contributed by atoms with Crippen LogP contribution in [0.1, 0.15) is 5.82 Å². The van der Waals surface area contributed by atoms with Gasteiger partial charge < -0.3 is 9.84 Å². The standard InChI is InChI=1S/C14H19ClN4O2/c1-18(8-14-16-10-17-19(14)2)7-12(20)9-21-13-5-3-11(15)4-6-13/h3-6,10,12,20H,7-9H2,1-2H3. The molecular weight excluding hydrogens is 292 g/mol. The van der Waals surface area contributed by atoms with Gasteiger partial charge in [0.05, 0.1) is 6.54 Å². The number of aryl methyl sites for hydroxylation is 1. The highest BCUT2D eigenvalue weighted by Gasteiger charge is 2.11. The van der Waals surface area contributed by atoms with Gasteiger partial charge in [0.25, 0.3) is 0 Å². The van der Waals surface area contributed by atoms with Gasteiger partial charge in [-0.2, -0.15) is 5.10 Å². The Hall–Kier alpha value is -1.63. The molecule has 0 aliphatic carbocycles. The smallest absolute Gasteiger partial charge is 0.140 e. The summed E-state index contributed by atoms with van der Waals surface area (Å²) in [6.07, 6.45) is 0.933. The Labute approximate surface area is 128 Å². The molecular formula is C14H19ClN4O2. The molecule has 0 aliphatic rings. The van der Waals surface area contributed by atoms with Gasteiger partial charge in [0.1, 0.15) is 30.6 Å². The number of ether oxygens (including phenoxy) is 1. The molecule has 1 N–H and O–H groups in total. The molecule has 1 heterocycles. The van der Waals surface area contributed by atoms with Crippen molar-refractivity contribution in [2.45, 2.75) is 12.6 Å². The maximum atomic E-state index is 10.00. The number of likely N-dealkylation sites (N-methyl/N-ethyl adjacent to an activating group) is 1. The van der Waals surface area contributed by atoms with Gasteiger partial charge in [-0.1, -0.05) is 11.6 Å². The van der Waals surface area contributed by atoms with Crippen molar-refractivity contribution in [1.29, 1.82) is 0 Å². The van der Waals surface area contributed by atoms with E-state index in [1.165, 1.54) is 6.33 Å². The van der Waals surface area contributed by atoms with Crippen molar-refractivity contribution in [2.75, 3.05) is 20.2 Å². The Kier molecular flexibility index (Phi) is 5.55. The van der Waals surface area contributed by atoms with Crippen LogP contribution in [0.15, 0.2) is 30.6 Å². The predicted octanol–water partition coefficient (Wildman–Crippen LogP) is 1.34. The van der Waals surface area contributed by atoms with E-state index in [0.717, 1.165) is 5.82 Å². The largest absolute Gasteiger partial charge is 0.491 e. The van der Waals surface area contributed by atoms with Crippen molar-refractivity contribution in [3.63, 3.8) is 0 Å². The number of benzene rings is 1. The first-order chi connectivity index (χ1) is 10.0. The van der Waals surface area contributed by atoms with Crippen molar-refractivity contribution < 1.29 is 9.84 Å². The maximum absolute atomic E-state index is 10.00. The van der Waals surface area contributed by atoms with Crippen LogP contribution in [0, 0.1) is 0 Å². The van der Waals surface area contributed by atoms with E-state index in [4.69, 9.17) is 16.3 Å². The van der Waals surface area contributed by atoms with Crippen LogP contribution in [0.3, 0.4) is 0 Å². The molecule has 0 aliphatic heterocycles. The van der Waals surface area contributed by atoms with Gasteiger partial charge in [-0.25, -0.2) is 4.98 Å². The number of nitrogens with zero attached hydrogens (tertiary/aromatic N) is 4. The Morgan fingerprint density at radius 1 is 1.38 bits per heavy atom. The minimum atomic E-state index is -0.584. The van der Waals surface area contributed by atoms with E-state index < -0.39 is 6.10 Å². The third-order valence-electron chi connectivity index (χ3n) is 2.99. The van der Waals surface area contributed by atoms with Crippen molar-refractivity contribution >= 4 is 11.6 Å². The number of rotatable bonds is 7. The highest BCUT2D eigenvalue weighted by molar-refractivity contribution is 6.30. The van der Waals surface area contributed by atoms with Gasteiger partial charge in [0, 0.05) is 18.6 Å². The fraction of sp³-hybridized carbons (Fsp3) is 0.429. The zero-order valence-electron chi connectivity index (χ0n) is 12.1. The molecule has 0 saturated carbocycles. The molecule has 21 heavy (non-hydrogen) atoms. The molecule has 2 aromatic rings. The molecule has 1 aromatic carbocycles. The van der Waals surface area contributed by atoms with Crippen molar-refractivity contribution in [3.05, 3.63) is 41.4 Å². The molecule has 1 aromatic heterocycles. The minimum Gasteiger partial charge on any atom is -0.491 e. The number of hydrogen-bond acceptors (Lipinski definition) is 5. The fourth-order valence-electron chi connectivity index (χ4n) is 1.90. The van der Waals surface area contributed by atoms with E-state index in [1.807, 2.05) is 19.0 Å². The van der Waals surface area contributed by atoms with E-state index in [0.29, 0.717) is 23.9 Å². The minimum absolute atomic E-state index is 0.227. The maximum Gasteiger partial charge on any atom is 0.140 e. The second-order valence-corrected chi connectivity index (χ2v) is 5.35. The lowest BCUT2D eigenvalue weighted by molar-refractivity contribution is 0.0734. The van der Waals surface area contributed by atoms with Crippen LogP contribution in [0.4, 0.5) is 0 Å². The molecule has 6 nitrogen and oxygen atoms in total. The fourth-order valence-corrected chi connectivity index (χ4v) is 2.03. The normalized spacial score (nSPS) is 12.6. The zero-order chi connectivity index (χ0) is 15.2. The number of halogens is 1. The molecule has 114 valence electrons. The molecule has 0 saturated heterocycles. The van der Waals surface area contributed by atoms with Gasteiger partial charge in [-0.3, -0.25) is 9.58 Å². The predicted molar refractivity (Wildman–Crippen MR) is 80.3 cm³/mol. The van der Waals surface area contributed by atoms with E-state index in [1.54, 1.807) is 28.9 Å². The summed E-state index contributed by atoms with van der Waals surface area (Å²) in [5.41, 5.74) is 0. The van der Waals surface area contributed by atoms with Crippen LogP contribution in [0.2, 0.25) is 5.02 Å². The Morgan fingerprint density at radius 3 is 2.71 bits per heavy atom. The third kappa shape index (κ3) is 5.00. The molecule has 0 amide bonds. The van der Waals surface area contributed by atoms with Gasteiger partial charge in [0.2, 0.25) is 0 Å². The molecule has 2 rings (SSSR count). The van der Waals surface area contributed by atoms with Gasteiger partial charge in [-0.15, -0.1) is 0 Å². The number of hydrogen-bond donors (Lipinski definition) is 1. The Bertz CT molecular complexity index is 558. The average molecular weight is 311 g/mol. The van der Waals surface area contributed by atoms with E-state index in [2.05, 4.69) is 10.1 Å². The Morgan fingerprint density at radius 2 is 2.10 bits per heavy atom. The Balaban J connectivity index is 1.74. The lowest BCUT2D eigenvalue weighted by Crippen LogP contribution is -2.33. The third-order valence-corrected chi connectivity index (χ3v) is 3.25. The molecule has 7 heteroatoms. The topological polar surface area (TPSA) is 63.4 Å². The first kappa shape index (κ1) is 15.8. The van der Waals surface area contributed by atoms with Crippen LogP contribution < -0.4 is 4.74 Å². The van der Waals surface area contributed by atoms with Crippen LogP contribution in [0.25, 0.3) is 0 Å². The van der Waals surface area contributed by atoms with Crippen LogP contribution >= 0.6 is 11.6 Å². The molecule has 0 fully saturated rings. The van der Waals surface area contributed by atoms with Crippen molar-refractivity contribution in [3.8, 4) is 5.75 Å². The van der Waals surface area contributed by atoms with Crippen molar-refractivity contribution in [1.82, 2.24) is 19.7 Å². The van der Waals surface area contributed by atoms with Gasteiger partial charge in [-0.05, 0) is 31.3 Å². The molecule has 1 atom stereocenters. The lowest BCUT2D eigenvalue weighted by Gasteiger charge is -2.20. The zero-order valence-corrected chi connectivity index (χ0v) is 12.9. The van der Waals surface area contributed by atoms with Crippen LogP contribution in [-0.4, -0.2) is 51.1 Å². The summed E-state index contributed by atoms with van der Waals surface area (Å²) in [6, 6.07) is 7.06.